The van der Waals surface area contributed by atoms with Gasteiger partial charge in [0.15, 0.2) is 0 Å². The van der Waals surface area contributed by atoms with Gasteiger partial charge in [0.2, 0.25) is 10.0 Å². The summed E-state index contributed by atoms with van der Waals surface area (Å²) in [5.74, 6) is 0.960. The lowest BCUT2D eigenvalue weighted by molar-refractivity contribution is 0.0950. The summed E-state index contributed by atoms with van der Waals surface area (Å²) in [6, 6.07) is 4.71. The summed E-state index contributed by atoms with van der Waals surface area (Å²) in [7, 11) is -3.69. The SMILES string of the molecule is Cc1cc(C(=O)NCc2ccc(S(N)(=O)=O)s2)c(C)o1. The first-order chi connectivity index (χ1) is 9.27. The van der Waals surface area contributed by atoms with Crippen molar-refractivity contribution in [1.29, 1.82) is 0 Å². The Labute approximate surface area is 120 Å². The van der Waals surface area contributed by atoms with E-state index in [-0.39, 0.29) is 16.7 Å². The molecule has 2 rings (SSSR count). The highest BCUT2D eigenvalue weighted by Crippen LogP contribution is 2.20. The third-order valence-corrected chi connectivity index (χ3v) is 5.15. The van der Waals surface area contributed by atoms with Crippen molar-refractivity contribution in [3.05, 3.63) is 40.2 Å². The van der Waals surface area contributed by atoms with Gasteiger partial charge in [0.1, 0.15) is 15.7 Å². The smallest absolute Gasteiger partial charge is 0.255 e. The molecule has 0 bridgehead atoms. The first-order valence-electron chi connectivity index (χ1n) is 5.74. The van der Waals surface area contributed by atoms with Crippen LogP contribution in [0.1, 0.15) is 26.8 Å². The number of nitrogens with one attached hydrogen (secondary N) is 1. The fourth-order valence-corrected chi connectivity index (χ4v) is 3.44. The molecule has 0 atom stereocenters. The van der Waals surface area contributed by atoms with Crippen LogP contribution in [0.3, 0.4) is 0 Å². The highest BCUT2D eigenvalue weighted by molar-refractivity contribution is 7.91. The fourth-order valence-electron chi connectivity index (χ4n) is 1.73. The van der Waals surface area contributed by atoms with Gasteiger partial charge in [-0.1, -0.05) is 0 Å². The lowest BCUT2D eigenvalue weighted by Gasteiger charge is -2.01. The molecule has 0 fully saturated rings. The molecule has 0 radical (unpaired) electrons. The average Bonchev–Trinajstić information content (AvgIpc) is 2.92. The maximum Gasteiger partial charge on any atom is 0.255 e. The average molecular weight is 314 g/mol. The van der Waals surface area contributed by atoms with Crippen LogP contribution < -0.4 is 10.5 Å². The van der Waals surface area contributed by atoms with Crippen molar-refractivity contribution in [3.63, 3.8) is 0 Å². The molecule has 0 aliphatic rings. The Morgan fingerprint density at radius 1 is 1.40 bits per heavy atom. The number of nitrogens with two attached hydrogens (primary N) is 1. The first kappa shape index (κ1) is 14.8. The second-order valence-electron chi connectivity index (χ2n) is 4.28. The molecule has 0 saturated heterocycles. The Bertz CT molecular complexity index is 743. The summed E-state index contributed by atoms with van der Waals surface area (Å²) in [4.78, 5) is 12.7. The summed E-state index contributed by atoms with van der Waals surface area (Å²) in [5, 5.41) is 7.73. The molecule has 108 valence electrons. The van der Waals surface area contributed by atoms with Crippen LogP contribution in [0.5, 0.6) is 0 Å². The molecule has 0 unspecified atom stereocenters. The van der Waals surface area contributed by atoms with E-state index < -0.39 is 10.0 Å². The molecule has 0 aromatic carbocycles. The lowest BCUT2D eigenvalue weighted by Crippen LogP contribution is -2.22. The van der Waals surface area contributed by atoms with Crippen LogP contribution in [0.15, 0.2) is 26.8 Å². The van der Waals surface area contributed by atoms with Crippen molar-refractivity contribution in [1.82, 2.24) is 5.32 Å². The summed E-state index contributed by atoms with van der Waals surface area (Å²) < 4.78 is 27.6. The van der Waals surface area contributed by atoms with Crippen molar-refractivity contribution >= 4 is 27.3 Å². The molecule has 0 aliphatic heterocycles. The molecule has 8 heteroatoms. The predicted octanol–water partition coefficient (Wildman–Crippen LogP) is 1.54. The number of carbonyl (C=O) groups excluding carboxylic acids is 1. The van der Waals surface area contributed by atoms with Gasteiger partial charge in [-0.15, -0.1) is 11.3 Å². The highest BCUT2D eigenvalue weighted by atomic mass is 32.2. The first-order valence-corrected chi connectivity index (χ1v) is 8.10. The number of hydrogen-bond donors (Lipinski definition) is 2. The highest BCUT2D eigenvalue weighted by Gasteiger charge is 2.15. The van der Waals surface area contributed by atoms with Gasteiger partial charge in [-0.3, -0.25) is 4.79 Å². The van der Waals surface area contributed by atoms with Crippen LogP contribution in [-0.2, 0) is 16.6 Å². The maximum atomic E-state index is 11.9. The molecule has 2 aromatic heterocycles. The number of aryl methyl sites for hydroxylation is 2. The van der Waals surface area contributed by atoms with Gasteiger partial charge in [-0.05, 0) is 32.0 Å². The zero-order chi connectivity index (χ0) is 14.9. The van der Waals surface area contributed by atoms with E-state index in [1.165, 1.54) is 6.07 Å². The van der Waals surface area contributed by atoms with Crippen molar-refractivity contribution in [2.45, 2.75) is 24.6 Å². The monoisotopic (exact) mass is 314 g/mol. The van der Waals surface area contributed by atoms with Gasteiger partial charge in [-0.25, -0.2) is 13.6 Å². The summed E-state index contributed by atoms with van der Waals surface area (Å²) in [6.45, 7) is 3.72. The van der Waals surface area contributed by atoms with Gasteiger partial charge in [-0.2, -0.15) is 0 Å². The number of sulfonamides is 1. The number of rotatable bonds is 4. The van der Waals surface area contributed by atoms with Crippen molar-refractivity contribution in [2.24, 2.45) is 5.14 Å². The number of furan rings is 1. The Kier molecular flexibility index (Phi) is 3.98. The van der Waals surface area contributed by atoms with Crippen LogP contribution in [0.2, 0.25) is 0 Å². The van der Waals surface area contributed by atoms with Gasteiger partial charge >= 0.3 is 0 Å². The van der Waals surface area contributed by atoms with Crippen LogP contribution in [0.4, 0.5) is 0 Å². The summed E-state index contributed by atoms with van der Waals surface area (Å²) in [6.07, 6.45) is 0. The second kappa shape index (κ2) is 5.39. The van der Waals surface area contributed by atoms with Crippen LogP contribution in [-0.4, -0.2) is 14.3 Å². The molecular weight excluding hydrogens is 300 g/mol. The van der Waals surface area contributed by atoms with Crippen LogP contribution in [0, 0.1) is 13.8 Å². The quantitative estimate of drug-likeness (QED) is 0.893. The predicted molar refractivity (Wildman–Crippen MR) is 75.0 cm³/mol. The fraction of sp³-hybridized carbons (Fsp3) is 0.250. The van der Waals surface area contributed by atoms with E-state index in [0.29, 0.717) is 22.0 Å². The van der Waals surface area contributed by atoms with Crippen LogP contribution >= 0.6 is 11.3 Å². The number of thiophene rings is 1. The van der Waals surface area contributed by atoms with Crippen molar-refractivity contribution in [2.75, 3.05) is 0 Å². The lowest BCUT2D eigenvalue weighted by atomic mass is 10.2. The van der Waals surface area contributed by atoms with E-state index in [1.807, 2.05) is 0 Å². The molecule has 0 saturated carbocycles. The molecule has 0 spiro atoms. The molecule has 0 aliphatic carbocycles. The minimum atomic E-state index is -3.69. The van der Waals surface area contributed by atoms with Crippen molar-refractivity contribution in [3.8, 4) is 0 Å². The zero-order valence-electron chi connectivity index (χ0n) is 11.0. The molecule has 6 nitrogen and oxygen atoms in total. The Morgan fingerprint density at radius 3 is 2.60 bits per heavy atom. The largest absolute Gasteiger partial charge is 0.466 e. The summed E-state index contributed by atoms with van der Waals surface area (Å²) in [5.41, 5.74) is 0.478. The minimum absolute atomic E-state index is 0.0806. The standard InChI is InChI=1S/C12H14N2O4S2/c1-7-5-10(8(2)18-7)12(15)14-6-9-3-4-11(19-9)20(13,16)17/h3-5H,6H2,1-2H3,(H,14,15)(H2,13,16,17). The van der Waals surface area contributed by atoms with Gasteiger partial charge in [0, 0.05) is 4.88 Å². The Morgan fingerprint density at radius 2 is 2.10 bits per heavy atom. The van der Waals surface area contributed by atoms with E-state index in [9.17, 15) is 13.2 Å². The molecule has 2 heterocycles. The maximum absolute atomic E-state index is 11.9. The molecule has 20 heavy (non-hydrogen) atoms. The van der Waals surface area contributed by atoms with Crippen molar-refractivity contribution < 1.29 is 17.6 Å². The van der Waals surface area contributed by atoms with E-state index in [2.05, 4.69) is 5.32 Å². The summed E-state index contributed by atoms with van der Waals surface area (Å²) >= 11 is 1.04. The van der Waals surface area contributed by atoms with E-state index in [1.54, 1.807) is 26.0 Å². The number of carbonyl (C=O) groups is 1. The third-order valence-electron chi connectivity index (χ3n) is 2.63. The second-order valence-corrected chi connectivity index (χ2v) is 7.23. The topological polar surface area (TPSA) is 102 Å². The minimum Gasteiger partial charge on any atom is -0.466 e. The van der Waals surface area contributed by atoms with Gasteiger partial charge in [0.25, 0.3) is 5.91 Å². The number of amides is 1. The van der Waals surface area contributed by atoms with Crippen LogP contribution in [0.25, 0.3) is 0 Å². The van der Waals surface area contributed by atoms with E-state index in [4.69, 9.17) is 9.56 Å². The third kappa shape index (κ3) is 3.27. The number of primary sulfonamides is 1. The van der Waals surface area contributed by atoms with Gasteiger partial charge in [0.05, 0.1) is 12.1 Å². The molecule has 1 amide bonds. The number of hydrogen-bond acceptors (Lipinski definition) is 5. The molecular formula is C12H14N2O4S2. The Hall–Kier alpha value is -1.64. The van der Waals surface area contributed by atoms with Gasteiger partial charge < -0.3 is 9.73 Å². The van der Waals surface area contributed by atoms with E-state index in [0.717, 1.165) is 11.3 Å². The normalized spacial score (nSPS) is 11.6. The molecule has 3 N–H and O–H groups in total. The zero-order valence-corrected chi connectivity index (χ0v) is 12.6. The van der Waals surface area contributed by atoms with E-state index >= 15 is 0 Å². The Balaban J connectivity index is 2.04. The molecule has 2 aromatic rings.